The summed E-state index contributed by atoms with van der Waals surface area (Å²) in [6, 6.07) is 0.224. The van der Waals surface area contributed by atoms with Gasteiger partial charge in [-0.05, 0) is 12.8 Å². The number of nitrogens with zero attached hydrogens (tertiary/aromatic N) is 4. The second kappa shape index (κ2) is 3.58. The lowest BCUT2D eigenvalue weighted by atomic mass is 10.0. The highest BCUT2D eigenvalue weighted by molar-refractivity contribution is 4.93. The fourth-order valence-electron chi connectivity index (χ4n) is 1.42. The van der Waals surface area contributed by atoms with Crippen LogP contribution in [-0.4, -0.2) is 21.5 Å². The molecule has 1 saturated heterocycles. The molecule has 0 aliphatic carbocycles. The molecule has 1 aliphatic heterocycles. The molecule has 1 aromatic rings. The summed E-state index contributed by atoms with van der Waals surface area (Å²) in [6.07, 6.45) is 6.60. The topological polar surface area (TPSA) is 52.8 Å². The summed E-state index contributed by atoms with van der Waals surface area (Å²) >= 11 is 0. The molecule has 0 saturated carbocycles. The molecule has 0 spiro atoms. The van der Waals surface area contributed by atoms with Gasteiger partial charge in [-0.25, -0.2) is 20.3 Å². The summed E-state index contributed by atoms with van der Waals surface area (Å²) in [5.41, 5.74) is 0. The zero-order valence-electron chi connectivity index (χ0n) is 6.85. The van der Waals surface area contributed by atoms with Gasteiger partial charge in [-0.3, -0.25) is 0 Å². The lowest BCUT2D eigenvalue weighted by Crippen LogP contribution is -2.22. The van der Waals surface area contributed by atoms with Crippen molar-refractivity contribution in [2.24, 2.45) is 0 Å². The standard InChI is InChI=1S/C8H11N4/c1-2-4-10-7(3-1)8-11-5-9-6-12-8/h5-7H,1-4H2. The van der Waals surface area contributed by atoms with Crippen LogP contribution in [0.15, 0.2) is 12.7 Å². The van der Waals surface area contributed by atoms with Gasteiger partial charge in [0.1, 0.15) is 18.5 Å². The predicted molar refractivity (Wildman–Crippen MR) is 43.4 cm³/mol. The molecular weight excluding hydrogens is 152 g/mol. The van der Waals surface area contributed by atoms with E-state index in [1.807, 2.05) is 0 Å². The first-order valence-corrected chi connectivity index (χ1v) is 4.25. The highest BCUT2D eigenvalue weighted by Crippen LogP contribution is 2.20. The molecule has 4 nitrogen and oxygen atoms in total. The molecule has 1 atom stereocenters. The van der Waals surface area contributed by atoms with Crippen LogP contribution in [0.4, 0.5) is 0 Å². The molecule has 4 heteroatoms. The minimum Gasteiger partial charge on any atom is -0.230 e. The average Bonchev–Trinajstić information content (AvgIpc) is 2.21. The first kappa shape index (κ1) is 7.61. The van der Waals surface area contributed by atoms with E-state index in [9.17, 15) is 0 Å². The van der Waals surface area contributed by atoms with E-state index in [0.29, 0.717) is 0 Å². The smallest absolute Gasteiger partial charge is 0.150 e. The van der Waals surface area contributed by atoms with E-state index >= 15 is 0 Å². The molecule has 0 amide bonds. The number of aromatic nitrogens is 3. The highest BCUT2D eigenvalue weighted by atomic mass is 15.0. The van der Waals surface area contributed by atoms with Gasteiger partial charge in [0, 0.05) is 6.54 Å². The van der Waals surface area contributed by atoms with Gasteiger partial charge in [0.2, 0.25) is 0 Å². The molecule has 2 heterocycles. The van der Waals surface area contributed by atoms with Crippen LogP contribution in [0.5, 0.6) is 0 Å². The van der Waals surface area contributed by atoms with Crippen molar-refractivity contribution in [3.63, 3.8) is 0 Å². The van der Waals surface area contributed by atoms with Crippen LogP contribution in [0.2, 0.25) is 0 Å². The van der Waals surface area contributed by atoms with E-state index in [-0.39, 0.29) is 6.04 Å². The van der Waals surface area contributed by atoms with Crippen LogP contribution < -0.4 is 5.32 Å². The molecule has 1 aromatic heterocycles. The second-order valence-corrected chi connectivity index (χ2v) is 2.91. The molecule has 63 valence electrons. The summed E-state index contributed by atoms with van der Waals surface area (Å²) < 4.78 is 0. The molecule has 1 aliphatic rings. The lowest BCUT2D eigenvalue weighted by Gasteiger charge is -2.19. The zero-order chi connectivity index (χ0) is 8.23. The van der Waals surface area contributed by atoms with Crippen molar-refractivity contribution in [3.05, 3.63) is 18.5 Å². The Morgan fingerprint density at radius 2 is 2.00 bits per heavy atom. The fourth-order valence-corrected chi connectivity index (χ4v) is 1.42. The van der Waals surface area contributed by atoms with E-state index in [1.54, 1.807) is 0 Å². The summed E-state index contributed by atoms with van der Waals surface area (Å²) in [5.74, 6) is 0.824. The first-order valence-electron chi connectivity index (χ1n) is 4.25. The average molecular weight is 163 g/mol. The molecule has 1 radical (unpaired) electrons. The third-order valence-corrected chi connectivity index (χ3v) is 2.05. The Hall–Kier alpha value is -1.03. The van der Waals surface area contributed by atoms with Crippen LogP contribution in [0.1, 0.15) is 31.1 Å². The molecule has 0 bridgehead atoms. The number of rotatable bonds is 1. The number of hydrogen-bond donors (Lipinski definition) is 0. The Bertz CT molecular complexity index is 230. The van der Waals surface area contributed by atoms with Crippen molar-refractivity contribution in [3.8, 4) is 0 Å². The number of piperidine rings is 1. The quantitative estimate of drug-likeness (QED) is 0.612. The third-order valence-electron chi connectivity index (χ3n) is 2.05. The fraction of sp³-hybridized carbons (Fsp3) is 0.625. The monoisotopic (exact) mass is 163 g/mol. The molecule has 0 N–H and O–H groups in total. The van der Waals surface area contributed by atoms with E-state index in [4.69, 9.17) is 0 Å². The van der Waals surface area contributed by atoms with Gasteiger partial charge in [-0.15, -0.1) is 0 Å². The highest BCUT2D eigenvalue weighted by Gasteiger charge is 2.17. The molecule has 0 aromatic carbocycles. The van der Waals surface area contributed by atoms with Crippen molar-refractivity contribution in [2.45, 2.75) is 25.3 Å². The van der Waals surface area contributed by atoms with Crippen molar-refractivity contribution in [2.75, 3.05) is 6.54 Å². The lowest BCUT2D eigenvalue weighted by molar-refractivity contribution is 0.388. The summed E-state index contributed by atoms with van der Waals surface area (Å²) in [5, 5.41) is 4.45. The van der Waals surface area contributed by atoms with Crippen molar-refractivity contribution < 1.29 is 0 Å². The van der Waals surface area contributed by atoms with Gasteiger partial charge < -0.3 is 0 Å². The first-order chi connectivity index (χ1) is 5.97. The van der Waals surface area contributed by atoms with Gasteiger partial charge >= 0.3 is 0 Å². The maximum absolute atomic E-state index is 4.45. The number of hydrogen-bond acceptors (Lipinski definition) is 3. The molecule has 2 rings (SSSR count). The maximum Gasteiger partial charge on any atom is 0.150 e. The van der Waals surface area contributed by atoms with Crippen LogP contribution in [0, 0.1) is 0 Å². The molecule has 1 fully saturated rings. The van der Waals surface area contributed by atoms with Crippen molar-refractivity contribution >= 4 is 0 Å². The SMILES string of the molecule is c1ncnc(C2CCCC[N]2)n1. The van der Waals surface area contributed by atoms with E-state index in [0.717, 1.165) is 18.8 Å². The summed E-state index contributed by atoms with van der Waals surface area (Å²) in [4.78, 5) is 11.9. The Morgan fingerprint density at radius 3 is 2.67 bits per heavy atom. The minimum absolute atomic E-state index is 0.224. The van der Waals surface area contributed by atoms with Crippen molar-refractivity contribution in [1.82, 2.24) is 20.3 Å². The third kappa shape index (κ3) is 1.58. The van der Waals surface area contributed by atoms with Gasteiger partial charge in [-0.2, -0.15) is 0 Å². The summed E-state index contributed by atoms with van der Waals surface area (Å²) in [6.45, 7) is 0.955. The van der Waals surface area contributed by atoms with Crippen LogP contribution in [0.25, 0.3) is 0 Å². The summed E-state index contributed by atoms with van der Waals surface area (Å²) in [7, 11) is 0. The van der Waals surface area contributed by atoms with E-state index in [2.05, 4.69) is 20.3 Å². The molecule has 1 unspecified atom stereocenters. The van der Waals surface area contributed by atoms with Gasteiger partial charge in [-0.1, -0.05) is 6.42 Å². The minimum atomic E-state index is 0.224. The molecular formula is C8H11N4. The van der Waals surface area contributed by atoms with Gasteiger partial charge in [0.05, 0.1) is 6.04 Å². The van der Waals surface area contributed by atoms with Crippen LogP contribution in [-0.2, 0) is 0 Å². The van der Waals surface area contributed by atoms with Crippen LogP contribution in [0.3, 0.4) is 0 Å². The zero-order valence-corrected chi connectivity index (χ0v) is 6.85. The maximum atomic E-state index is 4.45. The van der Waals surface area contributed by atoms with Crippen molar-refractivity contribution in [1.29, 1.82) is 0 Å². The molecule has 12 heavy (non-hydrogen) atoms. The Kier molecular flexibility index (Phi) is 2.27. The van der Waals surface area contributed by atoms with Gasteiger partial charge in [0.15, 0.2) is 0 Å². The Labute approximate surface area is 71.5 Å². The van der Waals surface area contributed by atoms with E-state index < -0.39 is 0 Å². The van der Waals surface area contributed by atoms with E-state index in [1.165, 1.54) is 25.5 Å². The Balaban J connectivity index is 2.08. The van der Waals surface area contributed by atoms with Crippen LogP contribution >= 0.6 is 0 Å². The predicted octanol–water partition coefficient (Wildman–Crippen LogP) is 0.701. The normalized spacial score (nSPS) is 23.8. The Morgan fingerprint density at radius 1 is 1.17 bits per heavy atom. The largest absolute Gasteiger partial charge is 0.230 e. The van der Waals surface area contributed by atoms with Gasteiger partial charge in [0.25, 0.3) is 0 Å². The second-order valence-electron chi connectivity index (χ2n) is 2.91.